The predicted octanol–water partition coefficient (Wildman–Crippen LogP) is 3.97. The zero-order valence-corrected chi connectivity index (χ0v) is 13.5. The summed E-state index contributed by atoms with van der Waals surface area (Å²) in [5, 5.41) is 0.597. The molecule has 0 spiro atoms. The van der Waals surface area contributed by atoms with Crippen LogP contribution in [0.5, 0.6) is 5.75 Å². The molecule has 3 nitrogen and oxygen atoms in total. The van der Waals surface area contributed by atoms with Crippen LogP contribution in [0.15, 0.2) is 41.0 Å². The van der Waals surface area contributed by atoms with Gasteiger partial charge in [-0.25, -0.2) is 0 Å². The normalized spacial score (nSPS) is 12.2. The van der Waals surface area contributed by atoms with Gasteiger partial charge in [-0.3, -0.25) is 4.98 Å². The molecule has 2 aromatic rings. The van der Waals surface area contributed by atoms with Crippen LogP contribution in [0.3, 0.4) is 0 Å². The molecule has 0 bridgehead atoms. The third kappa shape index (κ3) is 4.20. The average Bonchev–Trinajstić information content (AvgIpc) is 2.39. The summed E-state index contributed by atoms with van der Waals surface area (Å²) in [4.78, 5) is 4.27. The average molecular weight is 356 g/mol. The first-order valence-corrected chi connectivity index (χ1v) is 7.49. The van der Waals surface area contributed by atoms with Crippen LogP contribution in [0.1, 0.15) is 18.2 Å². The number of para-hydroxylation sites is 1. The lowest BCUT2D eigenvalue weighted by atomic mass is 10.1. The Balaban J connectivity index is 2.13. The number of aromatic nitrogens is 1. The first-order valence-electron chi connectivity index (χ1n) is 6.32. The van der Waals surface area contributed by atoms with E-state index in [2.05, 4.69) is 20.9 Å². The summed E-state index contributed by atoms with van der Waals surface area (Å²) in [6.07, 6.45) is 2.47. The van der Waals surface area contributed by atoms with Crippen LogP contribution in [0, 0.1) is 0 Å². The molecule has 0 saturated heterocycles. The maximum atomic E-state index is 6.21. The largest absolute Gasteiger partial charge is 0.485 e. The van der Waals surface area contributed by atoms with Crippen molar-refractivity contribution in [2.24, 2.45) is 5.73 Å². The van der Waals surface area contributed by atoms with E-state index in [1.807, 2.05) is 37.3 Å². The van der Waals surface area contributed by atoms with Gasteiger partial charge in [0.2, 0.25) is 0 Å². The van der Waals surface area contributed by atoms with Gasteiger partial charge < -0.3 is 10.5 Å². The van der Waals surface area contributed by atoms with Gasteiger partial charge in [-0.15, -0.1) is 0 Å². The highest BCUT2D eigenvalue weighted by Crippen LogP contribution is 2.30. The minimum atomic E-state index is 0.0571. The molecule has 0 amide bonds. The van der Waals surface area contributed by atoms with Crippen molar-refractivity contribution in [1.29, 1.82) is 0 Å². The second-order valence-electron chi connectivity index (χ2n) is 4.67. The van der Waals surface area contributed by atoms with Gasteiger partial charge in [-0.2, -0.15) is 0 Å². The van der Waals surface area contributed by atoms with Gasteiger partial charge in [-0.05, 0) is 53.0 Å². The molecule has 1 aromatic carbocycles. The van der Waals surface area contributed by atoms with Crippen molar-refractivity contribution in [2.75, 3.05) is 0 Å². The zero-order chi connectivity index (χ0) is 14.5. The molecule has 20 heavy (non-hydrogen) atoms. The van der Waals surface area contributed by atoms with E-state index in [1.165, 1.54) is 0 Å². The maximum absolute atomic E-state index is 6.21. The lowest BCUT2D eigenvalue weighted by molar-refractivity contribution is 0.298. The number of hydrogen-bond acceptors (Lipinski definition) is 3. The Morgan fingerprint density at radius 1 is 1.35 bits per heavy atom. The van der Waals surface area contributed by atoms with Crippen molar-refractivity contribution in [3.8, 4) is 5.75 Å². The summed E-state index contributed by atoms with van der Waals surface area (Å²) in [7, 11) is 0. The molecular weight excluding hydrogens is 340 g/mol. The third-order valence-electron chi connectivity index (χ3n) is 2.74. The molecule has 2 rings (SSSR count). The zero-order valence-electron chi connectivity index (χ0n) is 11.1. The highest BCUT2D eigenvalue weighted by atomic mass is 79.9. The SMILES string of the molecule is CC(N)Cc1cccc(Cl)c1OCc1ccc(Br)cn1. The number of ether oxygens (including phenoxy) is 1. The Morgan fingerprint density at radius 3 is 2.80 bits per heavy atom. The fourth-order valence-corrected chi connectivity index (χ4v) is 2.34. The van der Waals surface area contributed by atoms with Crippen LogP contribution in [0.4, 0.5) is 0 Å². The molecule has 106 valence electrons. The quantitative estimate of drug-likeness (QED) is 0.883. The van der Waals surface area contributed by atoms with E-state index in [4.69, 9.17) is 22.1 Å². The number of hydrogen-bond donors (Lipinski definition) is 1. The van der Waals surface area contributed by atoms with E-state index >= 15 is 0 Å². The molecule has 5 heteroatoms. The van der Waals surface area contributed by atoms with Crippen molar-refractivity contribution < 1.29 is 4.74 Å². The third-order valence-corrected chi connectivity index (χ3v) is 3.51. The lowest BCUT2D eigenvalue weighted by Crippen LogP contribution is -2.18. The monoisotopic (exact) mass is 354 g/mol. The Kier molecular flexibility index (Phi) is 5.40. The first-order chi connectivity index (χ1) is 9.56. The van der Waals surface area contributed by atoms with Gasteiger partial charge in [0.05, 0.1) is 10.7 Å². The number of rotatable bonds is 5. The minimum Gasteiger partial charge on any atom is -0.485 e. The molecule has 1 aromatic heterocycles. The second-order valence-corrected chi connectivity index (χ2v) is 5.99. The molecule has 1 atom stereocenters. The van der Waals surface area contributed by atoms with Crippen LogP contribution < -0.4 is 10.5 Å². The Labute approximate surface area is 132 Å². The molecule has 0 aliphatic rings. The molecule has 1 unspecified atom stereocenters. The van der Waals surface area contributed by atoms with E-state index in [-0.39, 0.29) is 6.04 Å². The van der Waals surface area contributed by atoms with Crippen LogP contribution in [-0.2, 0) is 13.0 Å². The van der Waals surface area contributed by atoms with Crippen LogP contribution in [0.2, 0.25) is 5.02 Å². The van der Waals surface area contributed by atoms with Crippen LogP contribution >= 0.6 is 27.5 Å². The summed E-state index contributed by atoms with van der Waals surface area (Å²) in [5.74, 6) is 0.691. The summed E-state index contributed by atoms with van der Waals surface area (Å²) < 4.78 is 6.77. The van der Waals surface area contributed by atoms with E-state index < -0.39 is 0 Å². The topological polar surface area (TPSA) is 48.1 Å². The Bertz CT molecular complexity index is 573. The van der Waals surface area contributed by atoms with E-state index in [0.29, 0.717) is 17.4 Å². The molecule has 0 aliphatic heterocycles. The van der Waals surface area contributed by atoms with Crippen molar-refractivity contribution in [2.45, 2.75) is 26.0 Å². The van der Waals surface area contributed by atoms with Crippen molar-refractivity contribution >= 4 is 27.5 Å². The molecule has 0 aliphatic carbocycles. The van der Waals surface area contributed by atoms with Gasteiger partial charge >= 0.3 is 0 Å². The molecule has 0 radical (unpaired) electrons. The Hall–Kier alpha value is -1.10. The number of benzene rings is 1. The number of pyridine rings is 1. The van der Waals surface area contributed by atoms with E-state index in [1.54, 1.807) is 6.20 Å². The van der Waals surface area contributed by atoms with E-state index in [0.717, 1.165) is 22.2 Å². The smallest absolute Gasteiger partial charge is 0.141 e. The molecular formula is C15H16BrClN2O. The molecule has 0 saturated carbocycles. The summed E-state index contributed by atoms with van der Waals surface area (Å²) in [6, 6.07) is 9.61. The number of halogens is 2. The van der Waals surface area contributed by atoms with Crippen molar-refractivity contribution in [3.63, 3.8) is 0 Å². The number of nitrogens with zero attached hydrogens (tertiary/aromatic N) is 1. The van der Waals surface area contributed by atoms with Gasteiger partial charge in [0.1, 0.15) is 12.4 Å². The van der Waals surface area contributed by atoms with Crippen LogP contribution in [-0.4, -0.2) is 11.0 Å². The highest BCUT2D eigenvalue weighted by molar-refractivity contribution is 9.10. The predicted molar refractivity (Wildman–Crippen MR) is 85.1 cm³/mol. The first kappa shape index (κ1) is 15.3. The van der Waals surface area contributed by atoms with E-state index in [9.17, 15) is 0 Å². The standard InChI is InChI=1S/C15H16BrClN2O/c1-10(18)7-11-3-2-4-14(17)15(11)20-9-13-6-5-12(16)8-19-13/h2-6,8,10H,7,9,18H2,1H3. The second kappa shape index (κ2) is 7.07. The highest BCUT2D eigenvalue weighted by Gasteiger charge is 2.10. The minimum absolute atomic E-state index is 0.0571. The number of nitrogens with two attached hydrogens (primary N) is 1. The molecule has 2 N–H and O–H groups in total. The van der Waals surface area contributed by atoms with Crippen molar-refractivity contribution in [1.82, 2.24) is 4.98 Å². The summed E-state index contributed by atoms with van der Waals surface area (Å²) >= 11 is 9.56. The van der Waals surface area contributed by atoms with Gasteiger partial charge in [0.15, 0.2) is 0 Å². The van der Waals surface area contributed by atoms with Crippen LogP contribution in [0.25, 0.3) is 0 Å². The van der Waals surface area contributed by atoms with Crippen molar-refractivity contribution in [3.05, 3.63) is 57.3 Å². The summed E-state index contributed by atoms with van der Waals surface area (Å²) in [6.45, 7) is 2.34. The Morgan fingerprint density at radius 2 is 2.15 bits per heavy atom. The summed E-state index contributed by atoms with van der Waals surface area (Å²) in [5.41, 5.74) is 7.72. The fraction of sp³-hybridized carbons (Fsp3) is 0.267. The van der Waals surface area contributed by atoms with Gasteiger partial charge in [0, 0.05) is 16.7 Å². The molecule has 0 fully saturated rings. The lowest BCUT2D eigenvalue weighted by Gasteiger charge is -2.14. The van der Waals surface area contributed by atoms with Gasteiger partial charge in [-0.1, -0.05) is 23.7 Å². The fourth-order valence-electron chi connectivity index (χ4n) is 1.86. The molecule has 1 heterocycles. The maximum Gasteiger partial charge on any atom is 0.141 e. The van der Waals surface area contributed by atoms with Gasteiger partial charge in [0.25, 0.3) is 0 Å².